The molecule has 8 heteroatoms. The van der Waals surface area contributed by atoms with Gasteiger partial charge in [-0.15, -0.1) is 0 Å². The average molecular weight is 529 g/mol. The zero-order valence-electron chi connectivity index (χ0n) is 21.3. The van der Waals surface area contributed by atoms with E-state index in [2.05, 4.69) is 28.2 Å². The van der Waals surface area contributed by atoms with Gasteiger partial charge in [-0.05, 0) is 65.6 Å². The Morgan fingerprint density at radius 3 is 2.49 bits per heavy atom. The minimum absolute atomic E-state index is 0.0355. The van der Waals surface area contributed by atoms with Crippen LogP contribution in [0.5, 0.6) is 0 Å². The summed E-state index contributed by atoms with van der Waals surface area (Å²) in [7, 11) is 0. The zero-order chi connectivity index (χ0) is 26.7. The van der Waals surface area contributed by atoms with Crippen LogP contribution in [0.25, 0.3) is 33.5 Å². The minimum Gasteiger partial charge on any atom is -0.342 e. The number of carbonyl (C=O) groups excluding carboxylic acids is 1. The van der Waals surface area contributed by atoms with Crippen LogP contribution in [0.1, 0.15) is 36.0 Å². The van der Waals surface area contributed by atoms with Gasteiger partial charge in [-0.2, -0.15) is 13.2 Å². The summed E-state index contributed by atoms with van der Waals surface area (Å²) in [6.07, 6.45) is 0.139. The lowest BCUT2D eigenvalue weighted by Gasteiger charge is -2.18. The molecule has 1 saturated carbocycles. The van der Waals surface area contributed by atoms with Crippen LogP contribution in [-0.4, -0.2) is 39.7 Å². The van der Waals surface area contributed by atoms with Crippen LogP contribution in [0, 0.1) is 11.8 Å². The molecule has 3 aliphatic rings. The molecule has 39 heavy (non-hydrogen) atoms. The Morgan fingerprint density at radius 2 is 1.72 bits per heavy atom. The van der Waals surface area contributed by atoms with Crippen molar-refractivity contribution in [1.82, 2.24) is 14.5 Å². The van der Waals surface area contributed by atoms with Gasteiger partial charge in [-0.25, -0.2) is 4.98 Å². The highest BCUT2D eigenvalue weighted by Crippen LogP contribution is 2.38. The van der Waals surface area contributed by atoms with E-state index in [0.717, 1.165) is 47.6 Å². The number of benzene rings is 3. The third kappa shape index (κ3) is 4.41. The van der Waals surface area contributed by atoms with Gasteiger partial charge in [-0.1, -0.05) is 42.5 Å². The van der Waals surface area contributed by atoms with Crippen molar-refractivity contribution in [3.05, 3.63) is 77.4 Å². The molecule has 1 aromatic heterocycles. The molecule has 7 rings (SSSR count). The molecule has 1 amide bonds. The van der Waals surface area contributed by atoms with Crippen LogP contribution in [0.4, 0.5) is 13.2 Å². The third-order valence-electron chi connectivity index (χ3n) is 8.16. The first-order valence-electron chi connectivity index (χ1n) is 13.4. The Kier molecular flexibility index (Phi) is 5.61. The van der Waals surface area contributed by atoms with Crippen molar-refractivity contribution in [2.45, 2.75) is 38.5 Å². The van der Waals surface area contributed by atoms with E-state index >= 15 is 0 Å². The predicted molar refractivity (Wildman–Crippen MR) is 144 cm³/mol. The second kappa shape index (κ2) is 9.07. The highest BCUT2D eigenvalue weighted by molar-refractivity contribution is 5.87. The first-order chi connectivity index (χ1) is 18.8. The summed E-state index contributed by atoms with van der Waals surface area (Å²) in [5.74, 6) is 1.06. The number of halogens is 3. The molecule has 3 heterocycles. The monoisotopic (exact) mass is 528 g/mol. The smallest absolute Gasteiger partial charge is 0.342 e. The van der Waals surface area contributed by atoms with Crippen LogP contribution >= 0.6 is 0 Å². The van der Waals surface area contributed by atoms with Crippen molar-refractivity contribution in [2.24, 2.45) is 16.8 Å². The van der Waals surface area contributed by atoms with E-state index in [4.69, 9.17) is 0 Å². The molecule has 0 radical (unpaired) electrons. The number of imidazole rings is 1. The Morgan fingerprint density at radius 1 is 0.949 bits per heavy atom. The number of aliphatic imine (C=N–C) groups is 1. The summed E-state index contributed by atoms with van der Waals surface area (Å²) < 4.78 is 43.7. The molecule has 3 aromatic carbocycles. The van der Waals surface area contributed by atoms with Crippen molar-refractivity contribution in [3.8, 4) is 22.5 Å². The molecule has 198 valence electrons. The second-order valence-electron chi connectivity index (χ2n) is 10.9. The van der Waals surface area contributed by atoms with Crippen molar-refractivity contribution in [2.75, 3.05) is 13.1 Å². The first kappa shape index (κ1) is 24.1. The average Bonchev–Trinajstić information content (AvgIpc) is 3.32. The molecule has 1 saturated heterocycles. The molecule has 0 bridgehead atoms. The molecule has 4 aromatic rings. The Labute approximate surface area is 224 Å². The number of carbonyl (C=O) groups is 1. The normalized spacial score (nSPS) is 18.7. The van der Waals surface area contributed by atoms with Gasteiger partial charge in [0.25, 0.3) is 0 Å². The largest absolute Gasteiger partial charge is 0.418 e. The molecule has 0 N–H and O–H groups in total. The number of likely N-dealkylation sites (tertiary alicyclic amines) is 1. The Hall–Kier alpha value is -3.94. The topological polar surface area (TPSA) is 50.5 Å². The van der Waals surface area contributed by atoms with E-state index in [9.17, 15) is 18.0 Å². The van der Waals surface area contributed by atoms with Gasteiger partial charge in [0, 0.05) is 37.3 Å². The summed E-state index contributed by atoms with van der Waals surface area (Å²) in [5.41, 5.74) is 4.88. The lowest BCUT2D eigenvalue weighted by atomic mass is 9.99. The van der Waals surface area contributed by atoms with Gasteiger partial charge in [0.15, 0.2) is 0 Å². The maximum atomic E-state index is 13.9. The molecule has 2 aliphatic heterocycles. The van der Waals surface area contributed by atoms with Gasteiger partial charge >= 0.3 is 6.18 Å². The highest BCUT2D eigenvalue weighted by atomic mass is 19.4. The van der Waals surface area contributed by atoms with Crippen molar-refractivity contribution >= 4 is 23.2 Å². The van der Waals surface area contributed by atoms with E-state index in [1.165, 1.54) is 11.6 Å². The summed E-state index contributed by atoms with van der Waals surface area (Å²) in [6, 6.07) is 18.4. The fourth-order valence-corrected chi connectivity index (χ4v) is 5.91. The molecule has 1 aliphatic carbocycles. The van der Waals surface area contributed by atoms with Crippen molar-refractivity contribution in [3.63, 3.8) is 0 Å². The maximum absolute atomic E-state index is 13.9. The summed E-state index contributed by atoms with van der Waals surface area (Å²) in [5, 5.41) is 0. The van der Waals surface area contributed by atoms with E-state index in [1.54, 1.807) is 6.07 Å². The molecular formula is C31H27F3N4O. The van der Waals surface area contributed by atoms with E-state index in [-0.39, 0.29) is 23.3 Å². The lowest BCUT2D eigenvalue weighted by Crippen LogP contribution is -2.30. The van der Waals surface area contributed by atoms with E-state index in [1.807, 2.05) is 39.9 Å². The minimum atomic E-state index is -4.50. The molecule has 5 nitrogen and oxygen atoms in total. The van der Waals surface area contributed by atoms with E-state index < -0.39 is 11.7 Å². The van der Waals surface area contributed by atoms with Gasteiger partial charge in [0.05, 0.1) is 17.6 Å². The number of aromatic nitrogens is 2. The standard InChI is InChI=1S/C31H27F3N4O/c32-31(33,34)26-2-1-3-27-28(26)36-29(38(27)18-19-12-13-37(17-19)30(39)22-8-9-22)21-6-4-20(5-7-21)23-10-11-24-15-35-16-25(24)14-23/h1-7,10-11,14-15,19,22H,8-9,12-13,16-18H2/t19-/m1/s1. The fourth-order valence-electron chi connectivity index (χ4n) is 5.91. The molecule has 0 unspecified atom stereocenters. The van der Waals surface area contributed by atoms with Crippen molar-refractivity contribution < 1.29 is 18.0 Å². The van der Waals surface area contributed by atoms with Crippen LogP contribution in [0.2, 0.25) is 0 Å². The van der Waals surface area contributed by atoms with Crippen LogP contribution in [-0.2, 0) is 24.1 Å². The van der Waals surface area contributed by atoms with E-state index in [0.29, 0.717) is 37.5 Å². The Bertz CT molecular complexity index is 1620. The molecule has 2 fully saturated rings. The molecule has 1 atom stereocenters. The first-order valence-corrected chi connectivity index (χ1v) is 13.4. The third-order valence-corrected chi connectivity index (χ3v) is 8.16. The highest BCUT2D eigenvalue weighted by Gasteiger charge is 2.38. The predicted octanol–water partition coefficient (Wildman–Crippen LogP) is 6.58. The summed E-state index contributed by atoms with van der Waals surface area (Å²) in [6.45, 7) is 2.52. The number of amides is 1. The maximum Gasteiger partial charge on any atom is 0.418 e. The SMILES string of the molecule is O=C(C1CC1)N1CC[C@@H](Cn2c(-c3ccc(-c4ccc5c(c4)CN=C5)cc3)nc3c(C(F)(F)F)cccc32)C1. The number of para-hydroxylation sites is 1. The zero-order valence-corrected chi connectivity index (χ0v) is 21.3. The summed E-state index contributed by atoms with van der Waals surface area (Å²) in [4.78, 5) is 23.4. The van der Waals surface area contributed by atoms with Gasteiger partial charge < -0.3 is 9.47 Å². The fraction of sp³-hybridized carbons (Fsp3) is 0.323. The number of fused-ring (bicyclic) bond motifs is 2. The number of hydrogen-bond acceptors (Lipinski definition) is 3. The number of nitrogens with zero attached hydrogens (tertiary/aromatic N) is 4. The van der Waals surface area contributed by atoms with Gasteiger partial charge in [-0.3, -0.25) is 9.79 Å². The lowest BCUT2D eigenvalue weighted by molar-refractivity contribution is -0.136. The second-order valence-corrected chi connectivity index (χ2v) is 10.9. The number of hydrogen-bond donors (Lipinski definition) is 0. The van der Waals surface area contributed by atoms with Gasteiger partial charge in [0.1, 0.15) is 11.3 Å². The Balaban J connectivity index is 1.25. The van der Waals surface area contributed by atoms with Crippen LogP contribution in [0.15, 0.2) is 65.7 Å². The number of alkyl halides is 3. The van der Waals surface area contributed by atoms with Crippen molar-refractivity contribution in [1.29, 1.82) is 0 Å². The van der Waals surface area contributed by atoms with Crippen LogP contribution in [0.3, 0.4) is 0 Å². The van der Waals surface area contributed by atoms with Crippen LogP contribution < -0.4 is 0 Å². The molecular weight excluding hydrogens is 501 g/mol. The quantitative estimate of drug-likeness (QED) is 0.294. The molecule has 0 spiro atoms. The summed E-state index contributed by atoms with van der Waals surface area (Å²) >= 11 is 0. The van der Waals surface area contributed by atoms with Gasteiger partial charge in [0.2, 0.25) is 5.91 Å². The number of rotatable bonds is 5.